The molecule has 0 unspecified atom stereocenters. The maximum Gasteiger partial charge on any atom is 0.343 e. The Labute approximate surface area is 153 Å². The van der Waals surface area contributed by atoms with Crippen LogP contribution >= 0.6 is 0 Å². The molecule has 0 atom stereocenters. The minimum Gasteiger partial charge on any atom is -0.423 e. The van der Waals surface area contributed by atoms with Crippen LogP contribution in [0.1, 0.15) is 66.4 Å². The molecule has 0 heterocycles. The van der Waals surface area contributed by atoms with Gasteiger partial charge in [0.2, 0.25) is 0 Å². The van der Waals surface area contributed by atoms with Gasteiger partial charge in [0.05, 0.1) is 11.1 Å². The minimum atomic E-state index is -0.698. The van der Waals surface area contributed by atoms with Gasteiger partial charge >= 0.3 is 5.97 Å². The Morgan fingerprint density at radius 3 is 2.42 bits per heavy atom. The largest absolute Gasteiger partial charge is 0.423 e. The Morgan fingerprint density at radius 1 is 1.15 bits per heavy atom. The fourth-order valence-electron chi connectivity index (χ4n) is 3.61. The van der Waals surface area contributed by atoms with Crippen molar-refractivity contribution in [1.29, 1.82) is 5.26 Å². The van der Waals surface area contributed by atoms with E-state index in [-0.39, 0.29) is 11.3 Å². The summed E-state index contributed by atoms with van der Waals surface area (Å²) in [7, 11) is 0. The summed E-state index contributed by atoms with van der Waals surface area (Å²) in [6, 6.07) is 13.0. The van der Waals surface area contributed by atoms with Crippen LogP contribution < -0.4 is 4.74 Å². The van der Waals surface area contributed by atoms with Crippen LogP contribution in [-0.2, 0) is 0 Å². The van der Waals surface area contributed by atoms with Crippen molar-refractivity contribution in [3.63, 3.8) is 0 Å². The van der Waals surface area contributed by atoms with Crippen molar-refractivity contribution < 1.29 is 13.9 Å². The lowest BCUT2D eigenvalue weighted by atomic mass is 9.78. The summed E-state index contributed by atoms with van der Waals surface area (Å²) in [5, 5.41) is 8.73. The first-order chi connectivity index (χ1) is 12.6. The van der Waals surface area contributed by atoms with Crippen LogP contribution in [0.4, 0.5) is 4.39 Å². The number of nitriles is 1. The Kier molecular flexibility index (Phi) is 5.68. The molecule has 0 spiro atoms. The lowest BCUT2D eigenvalue weighted by Gasteiger charge is -2.28. The zero-order chi connectivity index (χ0) is 18.5. The molecule has 1 aliphatic rings. The monoisotopic (exact) mass is 351 g/mol. The van der Waals surface area contributed by atoms with Gasteiger partial charge in [0.15, 0.2) is 0 Å². The third kappa shape index (κ3) is 4.11. The number of ether oxygens (including phenoxy) is 1. The predicted octanol–water partition coefficient (Wildman–Crippen LogP) is 5.60. The molecule has 0 aliphatic heterocycles. The van der Waals surface area contributed by atoms with E-state index in [9.17, 15) is 9.18 Å². The molecule has 0 bridgehead atoms. The summed E-state index contributed by atoms with van der Waals surface area (Å²) in [4.78, 5) is 12.2. The Morgan fingerprint density at radius 2 is 1.85 bits per heavy atom. The molecule has 3 rings (SSSR count). The Bertz CT molecular complexity index is 815. The summed E-state index contributed by atoms with van der Waals surface area (Å²) >= 11 is 0. The van der Waals surface area contributed by atoms with Crippen molar-refractivity contribution in [2.75, 3.05) is 0 Å². The highest BCUT2D eigenvalue weighted by Gasteiger charge is 2.21. The van der Waals surface area contributed by atoms with Crippen molar-refractivity contribution in [2.45, 2.75) is 44.9 Å². The normalized spacial score (nSPS) is 19.6. The second kappa shape index (κ2) is 8.14. The zero-order valence-electron chi connectivity index (χ0n) is 14.9. The summed E-state index contributed by atoms with van der Waals surface area (Å²) in [6.45, 7) is 2.26. The minimum absolute atomic E-state index is 0.0769. The van der Waals surface area contributed by atoms with E-state index in [1.807, 2.05) is 12.1 Å². The number of hydrogen-bond acceptors (Lipinski definition) is 3. The predicted molar refractivity (Wildman–Crippen MR) is 97.5 cm³/mol. The van der Waals surface area contributed by atoms with Gasteiger partial charge in [-0.3, -0.25) is 0 Å². The summed E-state index contributed by atoms with van der Waals surface area (Å²) < 4.78 is 18.8. The van der Waals surface area contributed by atoms with E-state index in [4.69, 9.17) is 10.00 Å². The van der Waals surface area contributed by atoms with E-state index in [0.717, 1.165) is 12.0 Å². The number of halogens is 1. The maximum atomic E-state index is 13.6. The number of carbonyl (C=O) groups is 1. The first-order valence-electron chi connectivity index (χ1n) is 9.12. The van der Waals surface area contributed by atoms with Gasteiger partial charge in [0, 0.05) is 6.07 Å². The zero-order valence-corrected chi connectivity index (χ0v) is 14.9. The van der Waals surface area contributed by atoms with Crippen LogP contribution in [0.5, 0.6) is 5.75 Å². The third-order valence-electron chi connectivity index (χ3n) is 5.31. The molecule has 134 valence electrons. The number of nitrogens with zero attached hydrogens (tertiary/aromatic N) is 1. The number of carbonyl (C=O) groups excluding carboxylic acids is 1. The fourth-order valence-corrected chi connectivity index (χ4v) is 3.61. The molecule has 3 nitrogen and oxygen atoms in total. The van der Waals surface area contributed by atoms with Crippen LogP contribution in [0.15, 0.2) is 42.5 Å². The van der Waals surface area contributed by atoms with Crippen LogP contribution in [0, 0.1) is 23.1 Å². The topological polar surface area (TPSA) is 50.1 Å². The molecule has 0 N–H and O–H groups in total. The van der Waals surface area contributed by atoms with Crippen LogP contribution in [0.3, 0.4) is 0 Å². The highest BCUT2D eigenvalue weighted by molar-refractivity contribution is 5.91. The molecule has 26 heavy (non-hydrogen) atoms. The number of rotatable bonds is 4. The average molecular weight is 351 g/mol. The highest BCUT2D eigenvalue weighted by Crippen LogP contribution is 2.36. The van der Waals surface area contributed by atoms with E-state index in [2.05, 4.69) is 6.92 Å². The maximum absolute atomic E-state index is 13.6. The quantitative estimate of drug-likeness (QED) is 0.532. The standard InChI is InChI=1S/C22H22FNO2/c1-2-15-3-5-16(6-4-15)17-7-9-18(10-8-17)22(25)26-20-12-11-19(14-24)21(23)13-20/h7-13,15-16H,2-6H2,1H3/t15-,16-. The van der Waals surface area contributed by atoms with Crippen molar-refractivity contribution in [3.8, 4) is 11.8 Å². The summed E-state index contributed by atoms with van der Waals surface area (Å²) in [5.41, 5.74) is 1.62. The smallest absolute Gasteiger partial charge is 0.343 e. The van der Waals surface area contributed by atoms with Gasteiger partial charge in [0.1, 0.15) is 17.6 Å². The first-order valence-corrected chi connectivity index (χ1v) is 9.12. The van der Waals surface area contributed by atoms with Gasteiger partial charge in [-0.2, -0.15) is 5.26 Å². The number of hydrogen-bond donors (Lipinski definition) is 0. The van der Waals surface area contributed by atoms with Gasteiger partial charge in [-0.25, -0.2) is 9.18 Å². The number of esters is 1. The highest BCUT2D eigenvalue weighted by atomic mass is 19.1. The van der Waals surface area contributed by atoms with Crippen LogP contribution in [0.25, 0.3) is 0 Å². The molecule has 0 saturated heterocycles. The Balaban J connectivity index is 1.64. The molecule has 0 amide bonds. The SMILES string of the molecule is CC[C@H]1CC[C@H](c2ccc(C(=O)Oc3ccc(C#N)c(F)c3)cc2)CC1. The van der Waals surface area contributed by atoms with E-state index in [0.29, 0.717) is 11.5 Å². The molecule has 1 fully saturated rings. The lowest BCUT2D eigenvalue weighted by Crippen LogP contribution is -2.13. The average Bonchev–Trinajstić information content (AvgIpc) is 2.68. The van der Waals surface area contributed by atoms with E-state index in [1.54, 1.807) is 18.2 Å². The van der Waals surface area contributed by atoms with Crippen LogP contribution in [-0.4, -0.2) is 5.97 Å². The molecule has 1 saturated carbocycles. The van der Waals surface area contributed by atoms with E-state index in [1.165, 1.54) is 49.8 Å². The second-order valence-corrected chi connectivity index (χ2v) is 6.89. The van der Waals surface area contributed by atoms with Crippen molar-refractivity contribution in [2.24, 2.45) is 5.92 Å². The second-order valence-electron chi connectivity index (χ2n) is 6.89. The first kappa shape index (κ1) is 18.1. The van der Waals surface area contributed by atoms with Gasteiger partial charge in [0.25, 0.3) is 0 Å². The molecule has 4 heteroatoms. The van der Waals surface area contributed by atoms with Crippen molar-refractivity contribution in [3.05, 3.63) is 65.0 Å². The molecule has 2 aromatic carbocycles. The van der Waals surface area contributed by atoms with Gasteiger partial charge in [-0.1, -0.05) is 25.5 Å². The molecular formula is C22H22FNO2. The van der Waals surface area contributed by atoms with E-state index < -0.39 is 11.8 Å². The summed E-state index contributed by atoms with van der Waals surface area (Å²) in [5.74, 6) is 0.281. The van der Waals surface area contributed by atoms with Crippen LogP contribution in [0.2, 0.25) is 0 Å². The molecule has 1 aliphatic carbocycles. The fraction of sp³-hybridized carbons (Fsp3) is 0.364. The molecule has 0 aromatic heterocycles. The number of benzene rings is 2. The lowest BCUT2D eigenvalue weighted by molar-refractivity contribution is 0.0734. The summed E-state index contributed by atoms with van der Waals surface area (Å²) in [6.07, 6.45) is 6.21. The molecule has 2 aromatic rings. The van der Waals surface area contributed by atoms with Gasteiger partial charge in [-0.05, 0) is 67.3 Å². The third-order valence-corrected chi connectivity index (χ3v) is 5.31. The van der Waals surface area contributed by atoms with Crippen molar-refractivity contribution in [1.82, 2.24) is 0 Å². The van der Waals surface area contributed by atoms with E-state index >= 15 is 0 Å². The van der Waals surface area contributed by atoms with Crippen molar-refractivity contribution >= 4 is 5.97 Å². The Hall–Kier alpha value is -2.67. The van der Waals surface area contributed by atoms with Gasteiger partial charge < -0.3 is 4.74 Å². The molecular weight excluding hydrogens is 329 g/mol. The van der Waals surface area contributed by atoms with Gasteiger partial charge in [-0.15, -0.1) is 0 Å². The molecule has 0 radical (unpaired) electrons.